The normalized spacial score (nSPS) is 12.9. The van der Waals surface area contributed by atoms with E-state index in [2.05, 4.69) is 242 Å². The maximum absolute atomic E-state index is 2.47. The van der Waals surface area contributed by atoms with Crippen LogP contribution in [0.2, 0.25) is 0 Å². The second kappa shape index (κ2) is 13.7. The summed E-state index contributed by atoms with van der Waals surface area (Å²) in [7, 11) is 0. The average molecular weight is 779 g/mol. The second-order valence-corrected chi connectivity index (χ2v) is 16.9. The van der Waals surface area contributed by atoms with Crippen LogP contribution < -0.4 is 4.90 Å². The van der Waals surface area contributed by atoms with E-state index in [0.717, 1.165) is 17.1 Å². The lowest BCUT2D eigenvalue weighted by Crippen LogP contribution is -2.15. The predicted molar refractivity (Wildman–Crippen MR) is 259 cm³/mol. The quantitative estimate of drug-likeness (QED) is 0.163. The number of hydrogen-bond acceptors (Lipinski definition) is 1. The third kappa shape index (κ3) is 5.49. The van der Waals surface area contributed by atoms with Crippen molar-refractivity contribution in [2.45, 2.75) is 19.3 Å². The molecule has 10 aromatic carbocycles. The van der Waals surface area contributed by atoms with Crippen LogP contribution in [0.4, 0.5) is 17.1 Å². The average Bonchev–Trinajstić information content (AvgIpc) is 3.77. The van der Waals surface area contributed by atoms with E-state index >= 15 is 0 Å². The molecule has 0 aliphatic heterocycles. The Labute approximate surface area is 356 Å². The Morgan fingerprint density at radius 1 is 0.377 bits per heavy atom. The molecular weight excluding hydrogens is 737 g/mol. The summed E-state index contributed by atoms with van der Waals surface area (Å²) in [6, 6.07) is 80.4. The highest BCUT2D eigenvalue weighted by Gasteiger charge is 2.35. The zero-order valence-corrected chi connectivity index (χ0v) is 34.2. The Balaban J connectivity index is 1.02. The van der Waals surface area contributed by atoms with Gasteiger partial charge in [0.05, 0.1) is 16.7 Å². The molecule has 0 spiro atoms. The van der Waals surface area contributed by atoms with Crippen molar-refractivity contribution in [3.8, 4) is 39.1 Å². The molecule has 0 amide bonds. The van der Waals surface area contributed by atoms with E-state index in [4.69, 9.17) is 0 Å². The molecule has 12 rings (SSSR count). The van der Waals surface area contributed by atoms with Crippen LogP contribution >= 0.6 is 0 Å². The second-order valence-electron chi connectivity index (χ2n) is 16.9. The van der Waals surface area contributed by atoms with Gasteiger partial charge in [-0.3, -0.25) is 0 Å². The first-order valence-electron chi connectivity index (χ1n) is 21.3. The summed E-state index contributed by atoms with van der Waals surface area (Å²) in [5.41, 5.74) is 17.1. The first-order chi connectivity index (χ1) is 30.0. The molecule has 288 valence electrons. The van der Waals surface area contributed by atoms with Crippen LogP contribution in [0.25, 0.3) is 82.4 Å². The maximum Gasteiger partial charge on any atom is 0.0547 e. The van der Waals surface area contributed by atoms with Gasteiger partial charge >= 0.3 is 0 Å². The molecule has 0 fully saturated rings. The monoisotopic (exact) mass is 778 g/mol. The molecule has 2 heteroatoms. The minimum Gasteiger partial charge on any atom is -0.310 e. The predicted octanol–water partition coefficient (Wildman–Crippen LogP) is 16.2. The fourth-order valence-corrected chi connectivity index (χ4v) is 10.3. The molecule has 0 radical (unpaired) electrons. The Kier molecular flexibility index (Phi) is 7.92. The van der Waals surface area contributed by atoms with E-state index in [1.54, 1.807) is 0 Å². The summed E-state index contributed by atoms with van der Waals surface area (Å²) in [6.45, 7) is 4.72. The first kappa shape index (κ1) is 35.3. The van der Waals surface area contributed by atoms with Crippen molar-refractivity contribution in [1.82, 2.24) is 4.57 Å². The van der Waals surface area contributed by atoms with Gasteiger partial charge in [0.25, 0.3) is 0 Å². The third-order valence-corrected chi connectivity index (χ3v) is 13.2. The van der Waals surface area contributed by atoms with E-state index in [9.17, 15) is 0 Å². The van der Waals surface area contributed by atoms with Gasteiger partial charge in [-0.1, -0.05) is 178 Å². The standard InChI is InChI=1S/C59H42N2/c1-59(2)53-27-9-7-23-50(53)51-36-35-45(38-54(51)59)61-56-28-10-8-24-52(56)58-49(26-14-30-57(58)61)42-19-11-20-44(37-42)60(55-29-13-18-40-16-4-6-22-48(40)55)43-33-31-41(32-34-43)47-25-12-17-39-15-3-5-21-46(39)47/h3-38H,1-2H3. The van der Waals surface area contributed by atoms with Gasteiger partial charge in [-0.2, -0.15) is 0 Å². The fraction of sp³-hybridized carbons (Fsp3) is 0.0508. The highest BCUT2D eigenvalue weighted by molar-refractivity contribution is 6.16. The molecule has 0 N–H and O–H groups in total. The first-order valence-corrected chi connectivity index (χ1v) is 21.3. The van der Waals surface area contributed by atoms with Crippen LogP contribution in [0.15, 0.2) is 218 Å². The summed E-state index contributed by atoms with van der Waals surface area (Å²) < 4.78 is 2.47. The van der Waals surface area contributed by atoms with Crippen molar-refractivity contribution in [3.05, 3.63) is 230 Å². The van der Waals surface area contributed by atoms with Crippen molar-refractivity contribution in [3.63, 3.8) is 0 Å². The lowest BCUT2D eigenvalue weighted by Gasteiger charge is -2.27. The molecule has 1 aliphatic carbocycles. The number of fused-ring (bicyclic) bond motifs is 8. The Bertz CT molecular complexity index is 3500. The lowest BCUT2D eigenvalue weighted by atomic mass is 9.82. The zero-order valence-electron chi connectivity index (χ0n) is 34.2. The molecule has 0 atom stereocenters. The van der Waals surface area contributed by atoms with Crippen molar-refractivity contribution in [2.24, 2.45) is 0 Å². The summed E-state index contributed by atoms with van der Waals surface area (Å²) in [6.07, 6.45) is 0. The molecule has 61 heavy (non-hydrogen) atoms. The topological polar surface area (TPSA) is 8.17 Å². The molecule has 1 aliphatic rings. The SMILES string of the molecule is CC1(C)c2ccccc2-c2ccc(-n3c4ccccc4c4c(-c5cccc(N(c6ccc(-c7cccc8ccccc78)cc6)c6cccc7ccccc67)c5)cccc43)cc21. The number of anilines is 3. The van der Waals surface area contributed by atoms with Gasteiger partial charge in [-0.15, -0.1) is 0 Å². The highest BCUT2D eigenvalue weighted by Crippen LogP contribution is 2.50. The molecule has 11 aromatic rings. The molecule has 1 heterocycles. The molecule has 1 aromatic heterocycles. The largest absolute Gasteiger partial charge is 0.310 e. The van der Waals surface area contributed by atoms with Crippen LogP contribution in [0.1, 0.15) is 25.0 Å². The Hall–Kier alpha value is -7.68. The summed E-state index contributed by atoms with van der Waals surface area (Å²) in [5, 5.41) is 7.44. The number of hydrogen-bond donors (Lipinski definition) is 0. The van der Waals surface area contributed by atoms with Gasteiger partial charge < -0.3 is 9.47 Å². The molecular formula is C59H42N2. The van der Waals surface area contributed by atoms with E-state index in [1.165, 1.54) is 93.5 Å². The summed E-state index contributed by atoms with van der Waals surface area (Å²) >= 11 is 0. The number of rotatable bonds is 6. The number of nitrogens with zero attached hydrogens (tertiary/aromatic N) is 2. The maximum atomic E-state index is 2.47. The van der Waals surface area contributed by atoms with Gasteiger partial charge in [0.1, 0.15) is 0 Å². The summed E-state index contributed by atoms with van der Waals surface area (Å²) in [5.74, 6) is 0. The zero-order chi connectivity index (χ0) is 40.7. The van der Waals surface area contributed by atoms with E-state index in [-0.39, 0.29) is 5.41 Å². The fourth-order valence-electron chi connectivity index (χ4n) is 10.3. The van der Waals surface area contributed by atoms with Gasteiger partial charge in [-0.05, 0) is 115 Å². The summed E-state index contributed by atoms with van der Waals surface area (Å²) in [4.78, 5) is 2.42. The van der Waals surface area contributed by atoms with Crippen LogP contribution in [0.3, 0.4) is 0 Å². The van der Waals surface area contributed by atoms with Crippen LogP contribution in [-0.4, -0.2) is 4.57 Å². The van der Waals surface area contributed by atoms with Crippen LogP contribution in [-0.2, 0) is 5.41 Å². The smallest absolute Gasteiger partial charge is 0.0547 e. The van der Waals surface area contributed by atoms with Crippen molar-refractivity contribution >= 4 is 60.4 Å². The number of aromatic nitrogens is 1. The lowest BCUT2D eigenvalue weighted by molar-refractivity contribution is 0.660. The van der Waals surface area contributed by atoms with Gasteiger partial charge in [0.15, 0.2) is 0 Å². The van der Waals surface area contributed by atoms with Gasteiger partial charge in [0, 0.05) is 38.6 Å². The van der Waals surface area contributed by atoms with Crippen LogP contribution in [0, 0.1) is 0 Å². The van der Waals surface area contributed by atoms with Gasteiger partial charge in [-0.25, -0.2) is 0 Å². The minimum absolute atomic E-state index is 0.0848. The van der Waals surface area contributed by atoms with E-state index in [1.807, 2.05) is 0 Å². The molecule has 0 unspecified atom stereocenters. The van der Waals surface area contributed by atoms with Gasteiger partial charge in [0.2, 0.25) is 0 Å². The molecule has 0 saturated heterocycles. The van der Waals surface area contributed by atoms with Crippen LogP contribution in [0.5, 0.6) is 0 Å². The van der Waals surface area contributed by atoms with Crippen molar-refractivity contribution in [1.29, 1.82) is 0 Å². The molecule has 2 nitrogen and oxygen atoms in total. The van der Waals surface area contributed by atoms with Crippen molar-refractivity contribution in [2.75, 3.05) is 4.90 Å². The van der Waals surface area contributed by atoms with Crippen molar-refractivity contribution < 1.29 is 0 Å². The Morgan fingerprint density at radius 2 is 0.984 bits per heavy atom. The molecule has 0 bridgehead atoms. The third-order valence-electron chi connectivity index (χ3n) is 13.2. The van der Waals surface area contributed by atoms with E-state index < -0.39 is 0 Å². The van der Waals surface area contributed by atoms with E-state index in [0.29, 0.717) is 0 Å². The number of benzene rings is 10. The Morgan fingerprint density at radius 3 is 1.84 bits per heavy atom. The number of para-hydroxylation sites is 1. The highest BCUT2D eigenvalue weighted by atomic mass is 15.1. The molecule has 0 saturated carbocycles. The minimum atomic E-state index is -0.0848.